The molecule has 28 heavy (non-hydrogen) atoms. The largest absolute Gasteiger partial charge is 0.454 e. The smallest absolute Gasteiger partial charge is 0.254 e. The van der Waals surface area contributed by atoms with Gasteiger partial charge in [-0.25, -0.2) is 4.98 Å². The molecular weight excluding hydrogens is 358 g/mol. The molecule has 0 saturated heterocycles. The fraction of sp³-hybridized carbons (Fsp3) is 0.190. The molecule has 3 aromatic rings. The van der Waals surface area contributed by atoms with E-state index in [9.17, 15) is 9.59 Å². The normalized spacial score (nSPS) is 12.0. The maximum absolute atomic E-state index is 12.4. The molecule has 1 aliphatic heterocycles. The number of aromatic nitrogens is 2. The molecule has 0 unspecified atom stereocenters. The lowest BCUT2D eigenvalue weighted by molar-refractivity contribution is -0.116. The van der Waals surface area contributed by atoms with Crippen molar-refractivity contribution in [2.45, 2.75) is 19.9 Å². The van der Waals surface area contributed by atoms with E-state index in [0.29, 0.717) is 17.2 Å². The van der Waals surface area contributed by atoms with Gasteiger partial charge in [0.05, 0.1) is 12.0 Å². The van der Waals surface area contributed by atoms with Crippen LogP contribution in [0.5, 0.6) is 11.5 Å². The second kappa shape index (κ2) is 7.56. The summed E-state index contributed by atoms with van der Waals surface area (Å²) >= 11 is 0. The minimum Gasteiger partial charge on any atom is -0.454 e. The van der Waals surface area contributed by atoms with Crippen LogP contribution >= 0.6 is 0 Å². The van der Waals surface area contributed by atoms with Gasteiger partial charge in [-0.05, 0) is 36.2 Å². The van der Waals surface area contributed by atoms with Gasteiger partial charge in [-0.1, -0.05) is 25.1 Å². The number of nitrogens with zero attached hydrogens (tertiary/aromatic N) is 2. The third-order valence-corrected chi connectivity index (χ3v) is 4.53. The van der Waals surface area contributed by atoms with Crippen molar-refractivity contribution < 1.29 is 14.3 Å². The minimum atomic E-state index is -0.304. The second-order valence-corrected chi connectivity index (χ2v) is 6.37. The van der Waals surface area contributed by atoms with E-state index in [1.165, 1.54) is 17.0 Å². The predicted molar refractivity (Wildman–Crippen MR) is 105 cm³/mol. The van der Waals surface area contributed by atoms with Crippen LogP contribution in [-0.2, 0) is 17.8 Å². The third-order valence-electron chi connectivity index (χ3n) is 4.53. The summed E-state index contributed by atoms with van der Waals surface area (Å²) in [6.45, 7) is 2.10. The topological polar surface area (TPSA) is 82.5 Å². The van der Waals surface area contributed by atoms with Gasteiger partial charge in [0.1, 0.15) is 6.54 Å². The highest BCUT2D eigenvalue weighted by Crippen LogP contribution is 2.35. The molecule has 0 atom stereocenters. The van der Waals surface area contributed by atoms with Crippen molar-refractivity contribution in [1.82, 2.24) is 9.55 Å². The van der Waals surface area contributed by atoms with Crippen molar-refractivity contribution in [3.05, 3.63) is 70.8 Å². The van der Waals surface area contributed by atoms with Gasteiger partial charge in [-0.15, -0.1) is 0 Å². The van der Waals surface area contributed by atoms with Gasteiger partial charge < -0.3 is 14.8 Å². The van der Waals surface area contributed by atoms with Crippen molar-refractivity contribution in [2.24, 2.45) is 0 Å². The lowest BCUT2D eigenvalue weighted by Crippen LogP contribution is -2.27. The van der Waals surface area contributed by atoms with Crippen molar-refractivity contribution in [3.63, 3.8) is 0 Å². The van der Waals surface area contributed by atoms with Crippen LogP contribution in [-0.4, -0.2) is 22.3 Å². The van der Waals surface area contributed by atoms with E-state index in [-0.39, 0.29) is 24.8 Å². The third kappa shape index (κ3) is 3.59. The maximum Gasteiger partial charge on any atom is 0.254 e. The number of hydrogen-bond acceptors (Lipinski definition) is 5. The molecule has 0 bridgehead atoms. The molecule has 1 N–H and O–H groups in total. The first kappa shape index (κ1) is 17.8. The lowest BCUT2D eigenvalue weighted by Gasteiger charge is -2.11. The number of fused-ring (bicyclic) bond motifs is 1. The van der Waals surface area contributed by atoms with Gasteiger partial charge in [-0.3, -0.25) is 14.2 Å². The van der Waals surface area contributed by atoms with Crippen LogP contribution in [0.3, 0.4) is 0 Å². The zero-order valence-electron chi connectivity index (χ0n) is 15.3. The Kier molecular flexibility index (Phi) is 4.80. The summed E-state index contributed by atoms with van der Waals surface area (Å²) in [5.74, 6) is 1.01. The first-order valence-corrected chi connectivity index (χ1v) is 8.98. The molecule has 1 aromatic heterocycles. The monoisotopic (exact) mass is 377 g/mol. The second-order valence-electron chi connectivity index (χ2n) is 6.37. The molecule has 7 nitrogen and oxygen atoms in total. The molecule has 0 saturated carbocycles. The fourth-order valence-corrected chi connectivity index (χ4v) is 3.05. The molecule has 1 aliphatic rings. The molecule has 2 heterocycles. The van der Waals surface area contributed by atoms with Crippen molar-refractivity contribution >= 4 is 11.6 Å². The van der Waals surface area contributed by atoms with Gasteiger partial charge in [0.25, 0.3) is 5.56 Å². The zero-order valence-corrected chi connectivity index (χ0v) is 15.3. The van der Waals surface area contributed by atoms with Crippen molar-refractivity contribution in [1.29, 1.82) is 0 Å². The maximum atomic E-state index is 12.4. The van der Waals surface area contributed by atoms with Crippen LogP contribution in [0, 0.1) is 0 Å². The lowest BCUT2D eigenvalue weighted by atomic mass is 10.1. The van der Waals surface area contributed by atoms with E-state index in [4.69, 9.17) is 9.47 Å². The Balaban J connectivity index is 1.50. The van der Waals surface area contributed by atoms with E-state index in [1.807, 2.05) is 37.3 Å². The van der Waals surface area contributed by atoms with E-state index < -0.39 is 0 Å². The molecule has 142 valence electrons. The number of benzene rings is 2. The molecule has 4 rings (SSSR count). The molecule has 1 amide bonds. The molecular formula is C21H19N3O4. The highest BCUT2D eigenvalue weighted by molar-refractivity contribution is 5.91. The minimum absolute atomic E-state index is 0.106. The number of ether oxygens (including phenoxy) is 2. The van der Waals surface area contributed by atoms with Crippen LogP contribution in [0.25, 0.3) is 11.3 Å². The number of anilines is 1. The summed E-state index contributed by atoms with van der Waals surface area (Å²) in [5, 5.41) is 2.85. The van der Waals surface area contributed by atoms with Crippen LogP contribution in [0.4, 0.5) is 5.69 Å². The van der Waals surface area contributed by atoms with E-state index >= 15 is 0 Å². The first-order valence-electron chi connectivity index (χ1n) is 8.98. The number of rotatable bonds is 5. The Morgan fingerprint density at radius 2 is 1.96 bits per heavy atom. The summed E-state index contributed by atoms with van der Waals surface area (Å²) in [6, 6.07) is 14.4. The van der Waals surface area contributed by atoms with Crippen molar-refractivity contribution in [2.75, 3.05) is 12.1 Å². The average Bonchev–Trinajstić information content (AvgIpc) is 3.17. The standard InChI is InChI=1S/C21H19N3O4/c1-2-14-5-3-4-6-16(14)23-20(25)11-24-12-22-17(10-21(24)26)15-7-8-18-19(9-15)28-13-27-18/h3-10,12H,2,11,13H2,1H3,(H,23,25). The predicted octanol–water partition coefficient (Wildman–Crippen LogP) is 2.84. The fourth-order valence-electron chi connectivity index (χ4n) is 3.05. The average molecular weight is 377 g/mol. The van der Waals surface area contributed by atoms with Gasteiger partial charge in [0.2, 0.25) is 12.7 Å². The summed E-state index contributed by atoms with van der Waals surface area (Å²) in [7, 11) is 0. The van der Waals surface area contributed by atoms with E-state index in [1.54, 1.807) is 12.1 Å². The Morgan fingerprint density at radius 1 is 1.14 bits per heavy atom. The summed E-state index contributed by atoms with van der Waals surface area (Å²) in [6.07, 6.45) is 2.19. The highest BCUT2D eigenvalue weighted by Gasteiger charge is 2.15. The Morgan fingerprint density at radius 3 is 2.79 bits per heavy atom. The van der Waals surface area contributed by atoms with E-state index in [0.717, 1.165) is 23.2 Å². The summed E-state index contributed by atoms with van der Waals surface area (Å²) in [4.78, 5) is 29.1. The first-order chi connectivity index (χ1) is 13.6. The molecule has 7 heteroatoms. The van der Waals surface area contributed by atoms with E-state index in [2.05, 4.69) is 10.3 Å². The molecule has 0 fully saturated rings. The SMILES string of the molecule is CCc1ccccc1NC(=O)Cn1cnc(-c2ccc3c(c2)OCO3)cc1=O. The number of carbonyl (C=O) groups excluding carboxylic acids is 1. The highest BCUT2D eigenvalue weighted by atomic mass is 16.7. The Bertz CT molecular complexity index is 1090. The number of carbonyl (C=O) groups is 1. The van der Waals surface area contributed by atoms with Crippen LogP contribution < -0.4 is 20.3 Å². The van der Waals surface area contributed by atoms with Crippen LogP contribution in [0.2, 0.25) is 0 Å². The van der Waals surface area contributed by atoms with Crippen LogP contribution in [0.1, 0.15) is 12.5 Å². The number of para-hydroxylation sites is 1. The molecule has 0 aliphatic carbocycles. The molecule has 2 aromatic carbocycles. The van der Waals surface area contributed by atoms with Crippen LogP contribution in [0.15, 0.2) is 59.7 Å². The number of nitrogens with one attached hydrogen (secondary N) is 1. The number of hydrogen-bond donors (Lipinski definition) is 1. The van der Waals surface area contributed by atoms with Gasteiger partial charge in [0.15, 0.2) is 11.5 Å². The molecule has 0 spiro atoms. The summed E-state index contributed by atoms with van der Waals surface area (Å²) in [5.41, 5.74) is 2.75. The van der Waals surface area contributed by atoms with Gasteiger partial charge >= 0.3 is 0 Å². The Labute approximate surface area is 161 Å². The molecule has 0 radical (unpaired) electrons. The van der Waals surface area contributed by atoms with Gasteiger partial charge in [-0.2, -0.15) is 0 Å². The zero-order chi connectivity index (χ0) is 19.5. The van der Waals surface area contributed by atoms with Crippen molar-refractivity contribution in [3.8, 4) is 22.8 Å². The number of amides is 1. The number of aryl methyl sites for hydroxylation is 1. The summed E-state index contributed by atoms with van der Waals surface area (Å²) < 4.78 is 11.9. The quantitative estimate of drug-likeness (QED) is 0.739. The van der Waals surface area contributed by atoms with Gasteiger partial charge in [0, 0.05) is 17.3 Å². The Hall–Kier alpha value is -3.61.